The molecule has 110 valence electrons. The third kappa shape index (κ3) is 2.56. The summed E-state index contributed by atoms with van der Waals surface area (Å²) in [5.74, 6) is 0. The Labute approximate surface area is 121 Å². The Kier molecular flexibility index (Phi) is 3.73. The van der Waals surface area contributed by atoms with Gasteiger partial charge >= 0.3 is 0 Å². The second kappa shape index (κ2) is 5.37. The van der Waals surface area contributed by atoms with Gasteiger partial charge in [-0.15, -0.1) is 0 Å². The van der Waals surface area contributed by atoms with Crippen molar-refractivity contribution in [2.24, 2.45) is 0 Å². The van der Waals surface area contributed by atoms with E-state index in [1.807, 2.05) is 12.1 Å². The van der Waals surface area contributed by atoms with Gasteiger partial charge in [0.25, 0.3) is 0 Å². The summed E-state index contributed by atoms with van der Waals surface area (Å²) in [6, 6.07) is 5.89. The fraction of sp³-hybridized carbons (Fsp3) is 0.600. The van der Waals surface area contributed by atoms with Gasteiger partial charge < -0.3 is 5.32 Å². The van der Waals surface area contributed by atoms with E-state index in [2.05, 4.69) is 12.2 Å². The van der Waals surface area contributed by atoms with E-state index in [-0.39, 0.29) is 0 Å². The fourth-order valence-electron chi connectivity index (χ4n) is 3.12. The molecule has 0 aliphatic carbocycles. The molecule has 1 fully saturated rings. The maximum atomic E-state index is 12.7. The molecule has 20 heavy (non-hydrogen) atoms. The highest BCUT2D eigenvalue weighted by Crippen LogP contribution is 2.29. The SMILES string of the molecule is CC1Cc2cc(S(=O)(=O)N3CCCCCC3)ccc2N1. The Balaban J connectivity index is 1.89. The molecule has 0 aromatic heterocycles. The van der Waals surface area contributed by atoms with Crippen molar-refractivity contribution in [3.05, 3.63) is 23.8 Å². The van der Waals surface area contributed by atoms with Gasteiger partial charge in [-0.25, -0.2) is 8.42 Å². The number of hydrogen-bond donors (Lipinski definition) is 1. The molecule has 1 saturated heterocycles. The van der Waals surface area contributed by atoms with Crippen LogP contribution >= 0.6 is 0 Å². The van der Waals surface area contributed by atoms with Crippen LogP contribution in [-0.4, -0.2) is 31.9 Å². The summed E-state index contributed by atoms with van der Waals surface area (Å²) in [5, 5.41) is 3.36. The van der Waals surface area contributed by atoms with Crippen molar-refractivity contribution in [1.29, 1.82) is 0 Å². The van der Waals surface area contributed by atoms with Gasteiger partial charge in [-0.3, -0.25) is 0 Å². The van der Waals surface area contributed by atoms with Crippen molar-refractivity contribution >= 4 is 15.7 Å². The van der Waals surface area contributed by atoms with Gasteiger partial charge in [-0.2, -0.15) is 4.31 Å². The largest absolute Gasteiger partial charge is 0.382 e. The molecule has 3 rings (SSSR count). The lowest BCUT2D eigenvalue weighted by molar-refractivity contribution is 0.423. The summed E-state index contributed by atoms with van der Waals surface area (Å²) in [7, 11) is -3.32. The van der Waals surface area contributed by atoms with Crippen LogP contribution in [0, 0.1) is 0 Å². The first-order chi connectivity index (χ1) is 9.57. The molecule has 1 aromatic carbocycles. The monoisotopic (exact) mass is 294 g/mol. The predicted molar refractivity (Wildman–Crippen MR) is 80.5 cm³/mol. The molecule has 1 N–H and O–H groups in total. The maximum absolute atomic E-state index is 12.7. The number of benzene rings is 1. The minimum atomic E-state index is -3.32. The van der Waals surface area contributed by atoms with E-state index in [0.29, 0.717) is 24.0 Å². The van der Waals surface area contributed by atoms with Gasteiger partial charge in [0.1, 0.15) is 0 Å². The van der Waals surface area contributed by atoms with Crippen LogP contribution in [0.1, 0.15) is 38.2 Å². The number of hydrogen-bond acceptors (Lipinski definition) is 3. The van der Waals surface area contributed by atoms with Crippen LogP contribution in [0.5, 0.6) is 0 Å². The summed E-state index contributed by atoms with van der Waals surface area (Å²) < 4.78 is 27.1. The van der Waals surface area contributed by atoms with Crippen molar-refractivity contribution < 1.29 is 8.42 Å². The molecule has 0 bridgehead atoms. The van der Waals surface area contributed by atoms with Crippen LogP contribution in [0.4, 0.5) is 5.69 Å². The zero-order valence-electron chi connectivity index (χ0n) is 11.9. The minimum absolute atomic E-state index is 0.390. The summed E-state index contributed by atoms with van der Waals surface area (Å²) >= 11 is 0. The van der Waals surface area contributed by atoms with Gasteiger partial charge in [-0.1, -0.05) is 12.8 Å². The average molecular weight is 294 g/mol. The van der Waals surface area contributed by atoms with Crippen molar-refractivity contribution in [2.75, 3.05) is 18.4 Å². The third-order valence-corrected chi connectivity index (χ3v) is 6.10. The number of anilines is 1. The van der Waals surface area contributed by atoms with E-state index in [1.54, 1.807) is 10.4 Å². The molecule has 1 aromatic rings. The smallest absolute Gasteiger partial charge is 0.243 e. The number of rotatable bonds is 2. The lowest BCUT2D eigenvalue weighted by Gasteiger charge is -2.20. The van der Waals surface area contributed by atoms with Crippen molar-refractivity contribution in [1.82, 2.24) is 4.31 Å². The Bertz CT molecular complexity index is 590. The van der Waals surface area contributed by atoms with E-state index in [4.69, 9.17) is 0 Å². The van der Waals surface area contributed by atoms with E-state index in [0.717, 1.165) is 43.4 Å². The van der Waals surface area contributed by atoms with Crippen molar-refractivity contribution in [3.8, 4) is 0 Å². The van der Waals surface area contributed by atoms with E-state index in [1.165, 1.54) is 0 Å². The van der Waals surface area contributed by atoms with Crippen LogP contribution in [0.2, 0.25) is 0 Å². The summed E-state index contributed by atoms with van der Waals surface area (Å²) in [5.41, 5.74) is 2.20. The predicted octanol–water partition coefficient (Wildman–Crippen LogP) is 2.61. The second-order valence-electron chi connectivity index (χ2n) is 5.89. The van der Waals surface area contributed by atoms with Crippen LogP contribution < -0.4 is 5.32 Å². The summed E-state index contributed by atoms with van der Waals surface area (Å²) in [6.45, 7) is 3.44. The lowest BCUT2D eigenvalue weighted by Crippen LogP contribution is -2.31. The van der Waals surface area contributed by atoms with Crippen LogP contribution in [0.25, 0.3) is 0 Å². The quantitative estimate of drug-likeness (QED) is 0.912. The fourth-order valence-corrected chi connectivity index (χ4v) is 4.69. The molecule has 1 unspecified atom stereocenters. The van der Waals surface area contributed by atoms with E-state index >= 15 is 0 Å². The molecule has 5 heteroatoms. The average Bonchev–Trinajstić information content (AvgIpc) is 2.63. The molecule has 0 radical (unpaired) electrons. The number of nitrogens with zero attached hydrogens (tertiary/aromatic N) is 1. The third-order valence-electron chi connectivity index (χ3n) is 4.21. The Hall–Kier alpha value is -1.07. The normalized spacial score (nSPS) is 23.9. The van der Waals surface area contributed by atoms with Crippen molar-refractivity contribution in [2.45, 2.75) is 50.0 Å². The molecule has 0 amide bonds. The highest BCUT2D eigenvalue weighted by Gasteiger charge is 2.27. The first-order valence-electron chi connectivity index (χ1n) is 7.47. The first kappa shape index (κ1) is 13.9. The zero-order valence-corrected chi connectivity index (χ0v) is 12.7. The standard InChI is InChI=1S/C15H22N2O2S/c1-12-10-13-11-14(6-7-15(13)16-12)20(18,19)17-8-4-2-3-5-9-17/h6-7,11-12,16H,2-5,8-10H2,1H3. The van der Waals surface area contributed by atoms with E-state index < -0.39 is 10.0 Å². The molecule has 4 nitrogen and oxygen atoms in total. The van der Waals surface area contributed by atoms with Crippen LogP contribution in [0.15, 0.2) is 23.1 Å². The number of fused-ring (bicyclic) bond motifs is 1. The van der Waals surface area contributed by atoms with Crippen molar-refractivity contribution in [3.63, 3.8) is 0 Å². The first-order valence-corrected chi connectivity index (χ1v) is 8.91. The van der Waals surface area contributed by atoms with E-state index in [9.17, 15) is 8.42 Å². The molecule has 2 aliphatic heterocycles. The number of nitrogens with one attached hydrogen (secondary N) is 1. The highest BCUT2D eigenvalue weighted by atomic mass is 32.2. The Morgan fingerprint density at radius 2 is 1.85 bits per heavy atom. The Morgan fingerprint density at radius 1 is 1.15 bits per heavy atom. The number of sulfonamides is 1. The van der Waals surface area contributed by atoms with Gasteiger partial charge in [0, 0.05) is 24.8 Å². The molecular weight excluding hydrogens is 272 g/mol. The van der Waals surface area contributed by atoms with Crippen LogP contribution in [-0.2, 0) is 16.4 Å². The zero-order chi connectivity index (χ0) is 14.2. The molecule has 0 spiro atoms. The highest BCUT2D eigenvalue weighted by molar-refractivity contribution is 7.89. The molecule has 0 saturated carbocycles. The topological polar surface area (TPSA) is 49.4 Å². The maximum Gasteiger partial charge on any atom is 0.243 e. The Morgan fingerprint density at radius 3 is 2.55 bits per heavy atom. The second-order valence-corrected chi connectivity index (χ2v) is 7.82. The lowest BCUT2D eigenvalue weighted by atomic mass is 10.1. The van der Waals surface area contributed by atoms with Gasteiger partial charge in [0.2, 0.25) is 10.0 Å². The van der Waals surface area contributed by atoms with Gasteiger partial charge in [-0.05, 0) is 49.9 Å². The molecular formula is C15H22N2O2S. The van der Waals surface area contributed by atoms with Gasteiger partial charge in [0.15, 0.2) is 0 Å². The van der Waals surface area contributed by atoms with Gasteiger partial charge in [0.05, 0.1) is 4.90 Å². The molecule has 2 aliphatic rings. The summed E-state index contributed by atoms with van der Waals surface area (Å²) in [6.07, 6.45) is 5.12. The summed E-state index contributed by atoms with van der Waals surface area (Å²) in [4.78, 5) is 0.453. The molecule has 2 heterocycles. The molecule has 1 atom stereocenters. The minimum Gasteiger partial charge on any atom is -0.382 e. The van der Waals surface area contributed by atoms with Crippen LogP contribution in [0.3, 0.4) is 0 Å².